The molecule has 0 heterocycles. The standard InChI is InChI=1S/C17H19BrFNO/c1-2-20-10-9-13-3-5-14(6-4-13)12-21-15-7-8-17(19)16(18)11-15/h3-8,11,20H,2,9-10,12H2,1H3. The van der Waals surface area contributed by atoms with E-state index in [4.69, 9.17) is 4.74 Å². The summed E-state index contributed by atoms with van der Waals surface area (Å²) >= 11 is 3.15. The number of likely N-dealkylation sites (N-methyl/N-ethyl adjacent to an activating group) is 1. The topological polar surface area (TPSA) is 21.3 Å². The predicted octanol–water partition coefficient (Wildman–Crippen LogP) is 4.32. The number of benzene rings is 2. The summed E-state index contributed by atoms with van der Waals surface area (Å²) in [5, 5.41) is 3.31. The molecule has 0 saturated heterocycles. The van der Waals surface area contributed by atoms with Crippen molar-refractivity contribution >= 4 is 15.9 Å². The van der Waals surface area contributed by atoms with Gasteiger partial charge in [-0.25, -0.2) is 4.39 Å². The van der Waals surface area contributed by atoms with Crippen LogP contribution in [-0.2, 0) is 13.0 Å². The van der Waals surface area contributed by atoms with Gasteiger partial charge in [0.1, 0.15) is 18.2 Å². The third-order valence-electron chi connectivity index (χ3n) is 3.16. The molecule has 21 heavy (non-hydrogen) atoms. The zero-order valence-electron chi connectivity index (χ0n) is 12.0. The van der Waals surface area contributed by atoms with Gasteiger partial charge in [0.15, 0.2) is 0 Å². The van der Waals surface area contributed by atoms with Crippen molar-refractivity contribution in [2.24, 2.45) is 0 Å². The van der Waals surface area contributed by atoms with Crippen molar-refractivity contribution in [3.63, 3.8) is 0 Å². The van der Waals surface area contributed by atoms with Crippen LogP contribution in [0.5, 0.6) is 5.75 Å². The molecule has 112 valence electrons. The van der Waals surface area contributed by atoms with E-state index in [0.29, 0.717) is 16.8 Å². The molecular formula is C17H19BrFNO. The predicted molar refractivity (Wildman–Crippen MR) is 87.1 cm³/mol. The van der Waals surface area contributed by atoms with Crippen LogP contribution in [0.4, 0.5) is 4.39 Å². The van der Waals surface area contributed by atoms with Crippen LogP contribution in [0.3, 0.4) is 0 Å². The van der Waals surface area contributed by atoms with E-state index < -0.39 is 0 Å². The minimum atomic E-state index is -0.285. The van der Waals surface area contributed by atoms with Crippen molar-refractivity contribution in [2.45, 2.75) is 20.0 Å². The molecule has 0 radical (unpaired) electrons. The van der Waals surface area contributed by atoms with Gasteiger partial charge in [-0.2, -0.15) is 0 Å². The summed E-state index contributed by atoms with van der Waals surface area (Å²) in [6.45, 7) is 4.58. The van der Waals surface area contributed by atoms with E-state index in [1.54, 1.807) is 12.1 Å². The molecule has 2 rings (SSSR count). The molecule has 0 bridgehead atoms. The van der Waals surface area contributed by atoms with Crippen LogP contribution in [0.1, 0.15) is 18.1 Å². The van der Waals surface area contributed by atoms with Gasteiger partial charge in [0.05, 0.1) is 4.47 Å². The van der Waals surface area contributed by atoms with Crippen molar-refractivity contribution in [1.29, 1.82) is 0 Å². The molecule has 0 amide bonds. The molecule has 0 fully saturated rings. The molecular weight excluding hydrogens is 333 g/mol. The molecule has 0 aliphatic rings. The highest BCUT2D eigenvalue weighted by molar-refractivity contribution is 9.10. The highest BCUT2D eigenvalue weighted by atomic mass is 79.9. The fourth-order valence-corrected chi connectivity index (χ4v) is 2.30. The van der Waals surface area contributed by atoms with E-state index in [-0.39, 0.29) is 5.82 Å². The Bertz CT molecular complexity index is 572. The molecule has 2 nitrogen and oxygen atoms in total. The summed E-state index contributed by atoms with van der Waals surface area (Å²) < 4.78 is 19.2. The monoisotopic (exact) mass is 351 g/mol. The lowest BCUT2D eigenvalue weighted by molar-refractivity contribution is 0.305. The first-order chi connectivity index (χ1) is 10.2. The molecule has 0 aromatic heterocycles. The minimum absolute atomic E-state index is 0.285. The minimum Gasteiger partial charge on any atom is -0.489 e. The quantitative estimate of drug-likeness (QED) is 0.750. The summed E-state index contributed by atoms with van der Waals surface area (Å²) in [5.74, 6) is 0.367. The van der Waals surface area contributed by atoms with E-state index in [9.17, 15) is 4.39 Å². The smallest absolute Gasteiger partial charge is 0.137 e. The fraction of sp³-hybridized carbons (Fsp3) is 0.294. The van der Waals surface area contributed by atoms with Crippen LogP contribution < -0.4 is 10.1 Å². The molecule has 0 atom stereocenters. The molecule has 0 spiro atoms. The lowest BCUT2D eigenvalue weighted by Crippen LogP contribution is -2.15. The Labute approximate surface area is 133 Å². The lowest BCUT2D eigenvalue weighted by Gasteiger charge is -2.08. The summed E-state index contributed by atoms with van der Waals surface area (Å²) in [5.41, 5.74) is 2.41. The van der Waals surface area contributed by atoms with E-state index in [0.717, 1.165) is 25.1 Å². The zero-order valence-corrected chi connectivity index (χ0v) is 13.6. The maximum atomic E-state index is 13.1. The normalized spacial score (nSPS) is 10.6. The van der Waals surface area contributed by atoms with Gasteiger partial charge in [0.25, 0.3) is 0 Å². The molecule has 0 unspecified atom stereocenters. The van der Waals surface area contributed by atoms with Gasteiger partial charge in [0.2, 0.25) is 0 Å². The molecule has 2 aromatic carbocycles. The summed E-state index contributed by atoms with van der Waals surface area (Å²) in [4.78, 5) is 0. The maximum Gasteiger partial charge on any atom is 0.137 e. The molecule has 4 heteroatoms. The maximum absolute atomic E-state index is 13.1. The van der Waals surface area contributed by atoms with E-state index >= 15 is 0 Å². The Kier molecular flexibility index (Phi) is 6.21. The highest BCUT2D eigenvalue weighted by Gasteiger charge is 2.02. The highest BCUT2D eigenvalue weighted by Crippen LogP contribution is 2.22. The van der Waals surface area contributed by atoms with Crippen LogP contribution in [0, 0.1) is 5.82 Å². The Balaban J connectivity index is 1.86. The van der Waals surface area contributed by atoms with Gasteiger partial charge in [-0.15, -0.1) is 0 Å². The second-order valence-electron chi connectivity index (χ2n) is 4.78. The van der Waals surface area contributed by atoms with Crippen LogP contribution >= 0.6 is 15.9 Å². The summed E-state index contributed by atoms with van der Waals surface area (Å²) in [6, 6.07) is 13.0. The van der Waals surface area contributed by atoms with Gasteiger partial charge < -0.3 is 10.1 Å². The number of ether oxygens (including phenoxy) is 1. The summed E-state index contributed by atoms with van der Waals surface area (Å²) in [6.07, 6.45) is 1.03. The van der Waals surface area contributed by atoms with Crippen LogP contribution in [0.15, 0.2) is 46.9 Å². The van der Waals surface area contributed by atoms with Crippen molar-refractivity contribution in [3.8, 4) is 5.75 Å². The molecule has 0 saturated carbocycles. The van der Waals surface area contributed by atoms with E-state index in [2.05, 4.69) is 52.4 Å². The zero-order chi connectivity index (χ0) is 15.1. The van der Waals surface area contributed by atoms with Crippen molar-refractivity contribution < 1.29 is 9.13 Å². The number of rotatable bonds is 7. The fourth-order valence-electron chi connectivity index (χ4n) is 1.94. The van der Waals surface area contributed by atoms with Gasteiger partial charge in [-0.05, 0) is 64.8 Å². The molecule has 0 aliphatic heterocycles. The number of hydrogen-bond donors (Lipinski definition) is 1. The molecule has 0 aliphatic carbocycles. The largest absolute Gasteiger partial charge is 0.489 e. The van der Waals surface area contributed by atoms with Gasteiger partial charge in [0, 0.05) is 0 Å². The van der Waals surface area contributed by atoms with Crippen LogP contribution in [-0.4, -0.2) is 13.1 Å². The SMILES string of the molecule is CCNCCc1ccc(COc2ccc(F)c(Br)c2)cc1. The first kappa shape index (κ1) is 16.0. The van der Waals surface area contributed by atoms with E-state index in [1.807, 2.05) is 0 Å². The third kappa shape index (κ3) is 5.14. The average molecular weight is 352 g/mol. The van der Waals surface area contributed by atoms with Gasteiger partial charge in [-0.1, -0.05) is 31.2 Å². The van der Waals surface area contributed by atoms with Crippen molar-refractivity contribution in [1.82, 2.24) is 5.32 Å². The number of hydrogen-bond acceptors (Lipinski definition) is 2. The third-order valence-corrected chi connectivity index (χ3v) is 3.77. The number of halogens is 2. The van der Waals surface area contributed by atoms with Crippen molar-refractivity contribution in [3.05, 3.63) is 63.9 Å². The van der Waals surface area contributed by atoms with Gasteiger partial charge >= 0.3 is 0 Å². The Morgan fingerprint density at radius 2 is 1.81 bits per heavy atom. The summed E-state index contributed by atoms with van der Waals surface area (Å²) in [7, 11) is 0. The van der Waals surface area contributed by atoms with Crippen LogP contribution in [0.2, 0.25) is 0 Å². The van der Waals surface area contributed by atoms with E-state index in [1.165, 1.54) is 11.6 Å². The first-order valence-electron chi connectivity index (χ1n) is 7.05. The molecule has 1 N–H and O–H groups in total. The van der Waals surface area contributed by atoms with Crippen LogP contribution in [0.25, 0.3) is 0 Å². The number of nitrogens with one attached hydrogen (secondary N) is 1. The second-order valence-corrected chi connectivity index (χ2v) is 5.64. The Morgan fingerprint density at radius 1 is 1.10 bits per heavy atom. The Morgan fingerprint density at radius 3 is 2.48 bits per heavy atom. The molecule has 2 aromatic rings. The second kappa shape index (κ2) is 8.15. The first-order valence-corrected chi connectivity index (χ1v) is 7.84. The lowest BCUT2D eigenvalue weighted by atomic mass is 10.1. The average Bonchev–Trinajstić information content (AvgIpc) is 2.50. The van der Waals surface area contributed by atoms with Gasteiger partial charge in [-0.3, -0.25) is 0 Å². The Hall–Kier alpha value is -1.39. The van der Waals surface area contributed by atoms with Crippen molar-refractivity contribution in [2.75, 3.05) is 13.1 Å².